The van der Waals surface area contributed by atoms with Crippen molar-refractivity contribution in [3.63, 3.8) is 0 Å². The van der Waals surface area contributed by atoms with Gasteiger partial charge in [-0.3, -0.25) is 4.90 Å². The second-order valence-electron chi connectivity index (χ2n) is 6.89. The number of likely N-dealkylation sites (tertiary alicyclic amines) is 1. The standard InChI is InChI=1S/C18H29NO/c1-12-6-7-14(3)17(9-12)18(20)11-19-10-13(2)8-15(4)16(19)5/h6-7,9,13,15-16,18,20H,8,10-11H2,1-5H3. The van der Waals surface area contributed by atoms with Crippen LogP contribution in [-0.4, -0.2) is 29.1 Å². The van der Waals surface area contributed by atoms with Crippen molar-refractivity contribution in [2.75, 3.05) is 13.1 Å². The van der Waals surface area contributed by atoms with Crippen molar-refractivity contribution in [3.8, 4) is 0 Å². The Bertz CT molecular complexity index is 457. The number of nitrogens with zero attached hydrogens (tertiary/aromatic N) is 1. The van der Waals surface area contributed by atoms with Crippen molar-refractivity contribution < 1.29 is 5.11 Å². The van der Waals surface area contributed by atoms with E-state index in [1.165, 1.54) is 17.5 Å². The van der Waals surface area contributed by atoms with E-state index in [-0.39, 0.29) is 6.10 Å². The van der Waals surface area contributed by atoms with E-state index >= 15 is 0 Å². The van der Waals surface area contributed by atoms with Crippen LogP contribution >= 0.6 is 0 Å². The first-order chi connectivity index (χ1) is 9.38. The van der Waals surface area contributed by atoms with Gasteiger partial charge in [0.05, 0.1) is 6.10 Å². The summed E-state index contributed by atoms with van der Waals surface area (Å²) in [5.41, 5.74) is 3.50. The summed E-state index contributed by atoms with van der Waals surface area (Å²) in [7, 11) is 0. The van der Waals surface area contributed by atoms with Crippen LogP contribution in [0.5, 0.6) is 0 Å². The fourth-order valence-electron chi connectivity index (χ4n) is 3.51. The molecule has 1 N–H and O–H groups in total. The first-order valence-corrected chi connectivity index (χ1v) is 7.87. The van der Waals surface area contributed by atoms with Crippen LogP contribution < -0.4 is 0 Å². The lowest BCUT2D eigenvalue weighted by molar-refractivity contribution is 0.0313. The molecule has 4 atom stereocenters. The minimum absolute atomic E-state index is 0.380. The number of piperidine rings is 1. The van der Waals surface area contributed by atoms with Gasteiger partial charge in [0.15, 0.2) is 0 Å². The molecule has 0 amide bonds. The van der Waals surface area contributed by atoms with Gasteiger partial charge in [0, 0.05) is 19.1 Å². The fraction of sp³-hybridized carbons (Fsp3) is 0.667. The molecule has 1 saturated heterocycles. The lowest BCUT2D eigenvalue weighted by atomic mass is 9.85. The SMILES string of the molecule is Cc1ccc(C)c(C(O)CN2CC(C)CC(C)C2C)c1. The molecule has 0 spiro atoms. The van der Waals surface area contributed by atoms with Crippen molar-refractivity contribution in [1.82, 2.24) is 4.90 Å². The molecule has 0 bridgehead atoms. The van der Waals surface area contributed by atoms with Crippen LogP contribution in [0.25, 0.3) is 0 Å². The Kier molecular flexibility index (Phi) is 4.87. The van der Waals surface area contributed by atoms with Crippen molar-refractivity contribution in [1.29, 1.82) is 0 Å². The maximum absolute atomic E-state index is 10.6. The summed E-state index contributed by atoms with van der Waals surface area (Å²) in [6.07, 6.45) is 0.923. The van der Waals surface area contributed by atoms with E-state index in [2.05, 4.69) is 57.7 Å². The summed E-state index contributed by atoms with van der Waals surface area (Å²) in [5, 5.41) is 10.6. The van der Waals surface area contributed by atoms with Gasteiger partial charge in [0.2, 0.25) is 0 Å². The van der Waals surface area contributed by atoms with Gasteiger partial charge in [-0.1, -0.05) is 37.6 Å². The van der Waals surface area contributed by atoms with Crippen LogP contribution in [0, 0.1) is 25.7 Å². The summed E-state index contributed by atoms with van der Waals surface area (Å²) < 4.78 is 0. The summed E-state index contributed by atoms with van der Waals surface area (Å²) in [6.45, 7) is 13.0. The highest BCUT2D eigenvalue weighted by Gasteiger charge is 2.30. The number of aliphatic hydroxyl groups is 1. The van der Waals surface area contributed by atoms with Gasteiger partial charge in [0.1, 0.15) is 0 Å². The lowest BCUT2D eigenvalue weighted by Gasteiger charge is -2.42. The average Bonchev–Trinajstić information content (AvgIpc) is 2.38. The predicted molar refractivity (Wildman–Crippen MR) is 84.9 cm³/mol. The molecule has 0 saturated carbocycles. The second-order valence-corrected chi connectivity index (χ2v) is 6.89. The smallest absolute Gasteiger partial charge is 0.0919 e. The van der Waals surface area contributed by atoms with Gasteiger partial charge in [-0.25, -0.2) is 0 Å². The number of hydrogen-bond donors (Lipinski definition) is 1. The van der Waals surface area contributed by atoms with Gasteiger partial charge < -0.3 is 5.11 Å². The second kappa shape index (κ2) is 6.28. The van der Waals surface area contributed by atoms with E-state index in [0.29, 0.717) is 12.0 Å². The summed E-state index contributed by atoms with van der Waals surface area (Å²) >= 11 is 0. The highest BCUT2D eigenvalue weighted by Crippen LogP contribution is 2.29. The third kappa shape index (κ3) is 3.42. The highest BCUT2D eigenvalue weighted by molar-refractivity contribution is 5.32. The van der Waals surface area contributed by atoms with E-state index in [1.54, 1.807) is 0 Å². The molecule has 1 aliphatic rings. The summed E-state index contributed by atoms with van der Waals surface area (Å²) in [5.74, 6) is 1.44. The predicted octanol–water partition coefficient (Wildman–Crippen LogP) is 3.70. The Balaban J connectivity index is 2.10. The number of aliphatic hydroxyl groups excluding tert-OH is 1. The van der Waals surface area contributed by atoms with Crippen molar-refractivity contribution in [2.45, 2.75) is 53.2 Å². The summed E-state index contributed by atoms with van der Waals surface area (Å²) in [4.78, 5) is 2.46. The zero-order chi connectivity index (χ0) is 14.9. The Morgan fingerprint density at radius 1 is 1.25 bits per heavy atom. The molecule has 1 aliphatic heterocycles. The van der Waals surface area contributed by atoms with Crippen molar-refractivity contribution in [2.24, 2.45) is 11.8 Å². The van der Waals surface area contributed by atoms with Gasteiger partial charge in [-0.05, 0) is 50.2 Å². The van der Waals surface area contributed by atoms with E-state index < -0.39 is 0 Å². The number of aryl methyl sites for hydroxylation is 2. The van der Waals surface area contributed by atoms with Crippen LogP contribution in [0.2, 0.25) is 0 Å². The molecule has 2 nitrogen and oxygen atoms in total. The molecular weight excluding hydrogens is 246 g/mol. The largest absolute Gasteiger partial charge is 0.387 e. The lowest BCUT2D eigenvalue weighted by Crippen LogP contribution is -2.47. The first kappa shape index (κ1) is 15.5. The Labute approximate surface area is 123 Å². The molecule has 20 heavy (non-hydrogen) atoms. The molecule has 0 aliphatic carbocycles. The van der Waals surface area contributed by atoms with Gasteiger partial charge >= 0.3 is 0 Å². The maximum Gasteiger partial charge on any atom is 0.0919 e. The molecule has 4 unspecified atom stereocenters. The Morgan fingerprint density at radius 3 is 2.65 bits per heavy atom. The number of hydrogen-bond acceptors (Lipinski definition) is 2. The third-order valence-electron chi connectivity index (χ3n) is 4.92. The van der Waals surface area contributed by atoms with E-state index in [9.17, 15) is 5.11 Å². The molecule has 1 aromatic carbocycles. The maximum atomic E-state index is 10.6. The van der Waals surface area contributed by atoms with Gasteiger partial charge in [-0.2, -0.15) is 0 Å². The van der Waals surface area contributed by atoms with Crippen LogP contribution in [0.1, 0.15) is 50.0 Å². The molecule has 0 aromatic heterocycles. The molecule has 1 fully saturated rings. The van der Waals surface area contributed by atoms with E-state index in [4.69, 9.17) is 0 Å². The molecule has 1 heterocycles. The van der Waals surface area contributed by atoms with Gasteiger partial charge in [-0.15, -0.1) is 0 Å². The number of benzene rings is 1. The first-order valence-electron chi connectivity index (χ1n) is 7.87. The van der Waals surface area contributed by atoms with Crippen LogP contribution in [0.3, 0.4) is 0 Å². The topological polar surface area (TPSA) is 23.5 Å². The zero-order valence-corrected chi connectivity index (χ0v) is 13.6. The fourth-order valence-corrected chi connectivity index (χ4v) is 3.51. The number of β-amino-alcohol motifs (C(OH)–C–C–N with tert-alkyl or cyclic N) is 1. The highest BCUT2D eigenvalue weighted by atomic mass is 16.3. The summed E-state index contributed by atoms with van der Waals surface area (Å²) in [6, 6.07) is 6.91. The van der Waals surface area contributed by atoms with Crippen LogP contribution in [0.4, 0.5) is 0 Å². The molecule has 112 valence electrons. The normalized spacial score (nSPS) is 29.4. The zero-order valence-electron chi connectivity index (χ0n) is 13.6. The van der Waals surface area contributed by atoms with Gasteiger partial charge in [0.25, 0.3) is 0 Å². The molecular formula is C18H29NO. The van der Waals surface area contributed by atoms with E-state index in [0.717, 1.165) is 24.6 Å². The monoisotopic (exact) mass is 275 g/mol. The average molecular weight is 275 g/mol. The molecule has 2 heteroatoms. The molecule has 1 aromatic rings. The molecule has 0 radical (unpaired) electrons. The van der Waals surface area contributed by atoms with Crippen LogP contribution in [-0.2, 0) is 0 Å². The molecule has 2 rings (SSSR count). The van der Waals surface area contributed by atoms with Crippen molar-refractivity contribution in [3.05, 3.63) is 34.9 Å². The Morgan fingerprint density at radius 2 is 1.95 bits per heavy atom. The minimum atomic E-state index is -0.380. The third-order valence-corrected chi connectivity index (χ3v) is 4.92. The Hall–Kier alpha value is -0.860. The van der Waals surface area contributed by atoms with Crippen molar-refractivity contribution >= 4 is 0 Å². The van der Waals surface area contributed by atoms with E-state index in [1.807, 2.05) is 0 Å². The quantitative estimate of drug-likeness (QED) is 0.909. The minimum Gasteiger partial charge on any atom is -0.387 e. The number of rotatable bonds is 3. The van der Waals surface area contributed by atoms with Crippen LogP contribution in [0.15, 0.2) is 18.2 Å².